The minimum atomic E-state index is -1.67. The van der Waals surface area contributed by atoms with Crippen molar-refractivity contribution in [2.75, 3.05) is 20.7 Å². The molecule has 332 valence electrons. The molecule has 1 aromatic carbocycles. The van der Waals surface area contributed by atoms with Crippen molar-refractivity contribution in [3.63, 3.8) is 0 Å². The van der Waals surface area contributed by atoms with E-state index in [-0.39, 0.29) is 50.1 Å². The number of carbonyl (C=O) groups is 7. The number of ketones is 1. The highest BCUT2D eigenvalue weighted by Gasteiger charge is 2.43. The molecule has 0 radical (unpaired) electrons. The van der Waals surface area contributed by atoms with Gasteiger partial charge in [0, 0.05) is 20.0 Å². The van der Waals surface area contributed by atoms with Crippen molar-refractivity contribution in [3.8, 4) is 5.75 Å². The smallest absolute Gasteiger partial charge is 0.329 e. The zero-order valence-corrected chi connectivity index (χ0v) is 36.7. The molecule has 2 saturated heterocycles. The molecule has 10 atom stereocenters. The molecular weight excluding hydrogens is 786 g/mol. The Morgan fingerprint density at radius 1 is 0.932 bits per heavy atom. The number of cyclic esters (lactones) is 2. The summed E-state index contributed by atoms with van der Waals surface area (Å²) in [5.41, 5.74) is 9.38. The number of fused-ring (bicyclic) bond motifs is 1. The van der Waals surface area contributed by atoms with Crippen LogP contribution >= 0.6 is 0 Å². The molecule has 1 aromatic rings. The largest absolute Gasteiger partial charge is 1.00 e. The number of rotatable bonds is 8. The van der Waals surface area contributed by atoms with E-state index in [0.29, 0.717) is 24.2 Å². The Balaban J connectivity index is 0.0000120. The van der Waals surface area contributed by atoms with Crippen LogP contribution in [-0.4, -0.2) is 125 Å². The first-order chi connectivity index (χ1) is 27.2. The predicted molar refractivity (Wildman–Crippen MR) is 214 cm³/mol. The van der Waals surface area contributed by atoms with Gasteiger partial charge in [-0.3, -0.25) is 28.8 Å². The third-order valence-electron chi connectivity index (χ3n) is 11.2. The van der Waals surface area contributed by atoms with E-state index < -0.39 is 108 Å². The van der Waals surface area contributed by atoms with Crippen molar-refractivity contribution in [2.45, 2.75) is 142 Å². The minimum Gasteiger partial charge on any atom is -1.00 e. The van der Waals surface area contributed by atoms with Crippen LogP contribution in [0.15, 0.2) is 24.3 Å². The maximum absolute atomic E-state index is 14.4. The number of halogens is 1. The number of ether oxygens (including phenoxy) is 3. The summed E-state index contributed by atoms with van der Waals surface area (Å²) >= 11 is 0. The number of hydrogen-bond donors (Lipinski definition) is 3. The van der Waals surface area contributed by atoms with Gasteiger partial charge in [0.25, 0.3) is 0 Å². The first-order valence-electron chi connectivity index (χ1n) is 20.4. The molecule has 0 aromatic heterocycles. The number of carbonyl (C=O) groups excluding carboxylic acids is 7. The SMILES string of the molecule is CC[C@H](C)[C@H]1NC(=O)[C@@H]([NH-])[C@@H](C)OC(=O)[C@H](Cc2ccc(OC)cc2)N(C)C(=O)[C@@H]2CCCN2C(=O)[C@H](CC(C)C)NC(=O)[C@@H](C)C(=O)[C@H](C(C)C)OC(=O)C[C@@H]1O.[Cl-]. The third kappa shape index (κ3) is 13.4. The Hall–Kier alpha value is -4.28. The van der Waals surface area contributed by atoms with Crippen molar-refractivity contribution in [1.29, 1.82) is 0 Å². The number of methoxy groups -OCH3 is 1. The number of hydrogen-bond acceptors (Lipinski definition) is 11. The van der Waals surface area contributed by atoms with Crippen molar-refractivity contribution >= 4 is 41.4 Å². The van der Waals surface area contributed by atoms with E-state index in [0.717, 1.165) is 0 Å². The molecule has 2 heterocycles. The molecule has 0 saturated carbocycles. The van der Waals surface area contributed by atoms with Gasteiger partial charge in [0.05, 0.1) is 37.7 Å². The fraction of sp³-hybridized carbons (Fsp3) is 0.690. The number of Topliss-reactive ketones (excluding diaryl/α,β-unsaturated/α-hetero) is 1. The highest BCUT2D eigenvalue weighted by Crippen LogP contribution is 2.26. The molecule has 16 nitrogen and oxygen atoms in total. The fourth-order valence-corrected chi connectivity index (χ4v) is 7.28. The number of esters is 2. The molecule has 0 spiro atoms. The molecule has 59 heavy (non-hydrogen) atoms. The van der Waals surface area contributed by atoms with E-state index in [9.17, 15) is 38.7 Å². The van der Waals surface area contributed by atoms with Crippen LogP contribution in [0.25, 0.3) is 5.73 Å². The summed E-state index contributed by atoms with van der Waals surface area (Å²) in [6.45, 7) is 13.5. The lowest BCUT2D eigenvalue weighted by Gasteiger charge is -2.36. The maximum Gasteiger partial charge on any atom is 0.329 e. The highest BCUT2D eigenvalue weighted by atomic mass is 35.5. The van der Waals surface area contributed by atoms with Crippen molar-refractivity contribution < 1.29 is 65.3 Å². The maximum atomic E-state index is 14.4. The third-order valence-corrected chi connectivity index (χ3v) is 11.2. The fourth-order valence-electron chi connectivity index (χ4n) is 7.28. The summed E-state index contributed by atoms with van der Waals surface area (Å²) in [7, 11) is 2.95. The molecule has 3 rings (SSSR count). The van der Waals surface area contributed by atoms with Gasteiger partial charge in [0.2, 0.25) is 23.6 Å². The predicted octanol–water partition coefficient (Wildman–Crippen LogP) is 0.0116. The molecule has 2 aliphatic rings. The van der Waals surface area contributed by atoms with Gasteiger partial charge < -0.3 is 57.9 Å². The van der Waals surface area contributed by atoms with Crippen LogP contribution in [0.5, 0.6) is 5.75 Å². The van der Waals surface area contributed by atoms with Crippen molar-refractivity contribution in [2.24, 2.45) is 23.7 Å². The first kappa shape index (κ1) is 50.9. The Labute approximate surface area is 354 Å². The van der Waals surface area contributed by atoms with Gasteiger partial charge in [0.1, 0.15) is 23.9 Å². The molecule has 4 N–H and O–H groups in total. The minimum absolute atomic E-state index is 0. The summed E-state index contributed by atoms with van der Waals surface area (Å²) in [5.74, 6) is -7.03. The lowest BCUT2D eigenvalue weighted by molar-refractivity contribution is -0.162. The average molecular weight is 850 g/mol. The molecule has 0 unspecified atom stereocenters. The van der Waals surface area contributed by atoms with Crippen LogP contribution in [0.4, 0.5) is 0 Å². The summed E-state index contributed by atoms with van der Waals surface area (Å²) < 4.78 is 16.6. The number of nitrogens with one attached hydrogen (secondary N) is 3. The molecule has 17 heteroatoms. The molecule has 0 aliphatic carbocycles. The molecule has 2 aliphatic heterocycles. The lowest BCUT2D eigenvalue weighted by atomic mass is 9.91. The summed E-state index contributed by atoms with van der Waals surface area (Å²) in [5, 5.41) is 16.6. The average Bonchev–Trinajstić information content (AvgIpc) is 3.68. The zero-order valence-electron chi connectivity index (χ0n) is 36.0. The van der Waals surface area contributed by atoms with Gasteiger partial charge in [-0.05, 0) is 74.6 Å². The van der Waals surface area contributed by atoms with Gasteiger partial charge in [-0.25, -0.2) is 4.79 Å². The number of aliphatic hydroxyl groups excluding tert-OH is 1. The summed E-state index contributed by atoms with van der Waals surface area (Å²) in [6, 6.07) is 0.826. The van der Waals surface area contributed by atoms with Gasteiger partial charge in [0.15, 0.2) is 11.9 Å². The number of aliphatic hydroxyl groups is 1. The van der Waals surface area contributed by atoms with E-state index in [2.05, 4.69) is 10.6 Å². The Morgan fingerprint density at radius 2 is 1.56 bits per heavy atom. The second-order valence-electron chi connectivity index (χ2n) is 16.5. The van der Waals surface area contributed by atoms with E-state index in [1.807, 2.05) is 20.8 Å². The lowest BCUT2D eigenvalue weighted by Crippen LogP contribution is -3.00. The summed E-state index contributed by atoms with van der Waals surface area (Å²) in [6.07, 6.45) is -3.39. The first-order valence-corrected chi connectivity index (χ1v) is 20.4. The molecular formula is C42H64ClN5O11-2. The number of benzene rings is 1. The normalized spacial score (nSPS) is 29.3. The van der Waals surface area contributed by atoms with E-state index in [4.69, 9.17) is 19.9 Å². The Morgan fingerprint density at radius 3 is 2.12 bits per heavy atom. The molecule has 4 amide bonds. The van der Waals surface area contributed by atoms with Crippen LogP contribution in [0.2, 0.25) is 0 Å². The number of amides is 4. The van der Waals surface area contributed by atoms with Crippen LogP contribution in [-0.2, 0) is 49.5 Å². The van der Waals surface area contributed by atoms with Gasteiger partial charge in [-0.15, -0.1) is 0 Å². The zero-order chi connectivity index (χ0) is 43.6. The van der Waals surface area contributed by atoms with Crippen molar-refractivity contribution in [3.05, 3.63) is 35.6 Å². The van der Waals surface area contributed by atoms with E-state index in [1.165, 1.54) is 37.8 Å². The van der Waals surface area contributed by atoms with Crippen LogP contribution < -0.4 is 27.8 Å². The monoisotopic (exact) mass is 849 g/mol. The van der Waals surface area contributed by atoms with Crippen LogP contribution in [0.3, 0.4) is 0 Å². The second-order valence-corrected chi connectivity index (χ2v) is 16.5. The quantitative estimate of drug-likeness (QED) is 0.234. The van der Waals surface area contributed by atoms with Crippen LogP contribution in [0, 0.1) is 23.7 Å². The standard InChI is InChI=1S/C42H64N5O11.ClH/c1-11-24(6)35-32(48)21-33(49)58-37(23(4)5)36(50)25(7)38(51)44-29(19-22(2)3)40(53)47-18-12-13-30(47)41(54)46(9)31(20-27-14-16-28(56-10)17-15-27)42(55)57-26(8)34(43)39(52)45-35;/h14-17,22-26,29-32,34-35,37,43,48H,11-13,18-21H2,1-10H3,(H,44,51)(H,45,52);1H/q-1;/p-1/t24-,25-,26+,29-,30-,31-,32-,34-,35+,37-;/m0./s1. The topological polar surface area (TPSA) is 222 Å². The van der Waals surface area contributed by atoms with E-state index in [1.54, 1.807) is 45.0 Å². The van der Waals surface area contributed by atoms with Crippen LogP contribution in [0.1, 0.15) is 93.1 Å². The van der Waals surface area contributed by atoms with Gasteiger partial charge in [-0.2, -0.15) is 0 Å². The Bertz CT molecular complexity index is 1630. The highest BCUT2D eigenvalue weighted by molar-refractivity contribution is 6.05. The second kappa shape index (κ2) is 22.9. The van der Waals surface area contributed by atoms with Gasteiger partial charge in [-0.1, -0.05) is 60.1 Å². The molecule has 2 fully saturated rings. The number of nitrogens with zero attached hydrogens (tertiary/aromatic N) is 2. The summed E-state index contributed by atoms with van der Waals surface area (Å²) in [4.78, 5) is 99.5. The molecule has 0 bridgehead atoms. The number of likely N-dealkylation sites (N-methyl/N-ethyl adjacent to an activating group) is 1. The van der Waals surface area contributed by atoms with Gasteiger partial charge >= 0.3 is 11.9 Å². The van der Waals surface area contributed by atoms with Crippen molar-refractivity contribution in [1.82, 2.24) is 20.4 Å². The van der Waals surface area contributed by atoms with E-state index >= 15 is 0 Å². The Kier molecular flexibility index (Phi) is 19.8.